The van der Waals surface area contributed by atoms with Crippen LogP contribution in [0.15, 0.2) is 71.2 Å². The molecule has 0 saturated heterocycles. The number of esters is 1. The number of hydrogen-bond acceptors (Lipinski definition) is 5. The van der Waals surface area contributed by atoms with Gasteiger partial charge in [0.25, 0.3) is 5.91 Å². The predicted molar refractivity (Wildman–Crippen MR) is 139 cm³/mol. The van der Waals surface area contributed by atoms with Crippen molar-refractivity contribution in [2.24, 2.45) is 5.73 Å². The maximum Gasteiger partial charge on any atom is 0.338 e. The van der Waals surface area contributed by atoms with Gasteiger partial charge in [0, 0.05) is 21.3 Å². The number of ether oxygens (including phenoxy) is 1. The largest absolute Gasteiger partial charge is 0.462 e. The molecule has 1 aliphatic heterocycles. The highest BCUT2D eigenvalue weighted by Crippen LogP contribution is 2.39. The first-order chi connectivity index (χ1) is 16.2. The van der Waals surface area contributed by atoms with Crippen LogP contribution >= 0.6 is 15.9 Å². The van der Waals surface area contributed by atoms with Gasteiger partial charge >= 0.3 is 5.97 Å². The summed E-state index contributed by atoms with van der Waals surface area (Å²) in [6, 6.07) is 20.6. The second kappa shape index (κ2) is 9.44. The monoisotopic (exact) mass is 519 g/mol. The molecule has 1 amide bonds. The SMILES string of the molecule is CCOC(=O)c1ccc2c(c1)NC(=O)C2=C(Nc1ccc(C(C)(C)N)c(Br)c1)c1ccccc1. The summed E-state index contributed by atoms with van der Waals surface area (Å²) in [7, 11) is 0. The number of fused-ring (bicyclic) bond motifs is 1. The van der Waals surface area contributed by atoms with Gasteiger partial charge < -0.3 is 21.1 Å². The van der Waals surface area contributed by atoms with Gasteiger partial charge in [-0.15, -0.1) is 0 Å². The van der Waals surface area contributed by atoms with Crippen molar-refractivity contribution >= 4 is 50.5 Å². The van der Waals surface area contributed by atoms with Crippen LogP contribution in [0.1, 0.15) is 47.8 Å². The lowest BCUT2D eigenvalue weighted by Crippen LogP contribution is -2.29. The van der Waals surface area contributed by atoms with Gasteiger partial charge in [-0.2, -0.15) is 0 Å². The zero-order valence-corrected chi connectivity index (χ0v) is 20.8. The molecule has 0 fully saturated rings. The summed E-state index contributed by atoms with van der Waals surface area (Å²) in [5.74, 6) is -0.674. The molecule has 1 aliphatic rings. The molecule has 1 heterocycles. The highest BCUT2D eigenvalue weighted by molar-refractivity contribution is 9.10. The summed E-state index contributed by atoms with van der Waals surface area (Å²) in [6.07, 6.45) is 0. The van der Waals surface area contributed by atoms with Crippen LogP contribution in [-0.4, -0.2) is 18.5 Å². The van der Waals surface area contributed by atoms with Gasteiger partial charge in [0.1, 0.15) is 0 Å². The fourth-order valence-electron chi connectivity index (χ4n) is 3.91. The number of anilines is 2. The quantitative estimate of drug-likeness (QED) is 0.284. The van der Waals surface area contributed by atoms with E-state index in [2.05, 4.69) is 26.6 Å². The van der Waals surface area contributed by atoms with Crippen LogP contribution in [0.2, 0.25) is 0 Å². The number of nitrogens with one attached hydrogen (secondary N) is 2. The highest BCUT2D eigenvalue weighted by atomic mass is 79.9. The van der Waals surface area contributed by atoms with E-state index in [1.54, 1.807) is 25.1 Å². The first-order valence-electron chi connectivity index (χ1n) is 11.0. The molecule has 0 unspecified atom stereocenters. The second-order valence-corrected chi connectivity index (χ2v) is 9.45. The number of hydrogen-bond donors (Lipinski definition) is 3. The molecule has 3 aromatic carbocycles. The first kappa shape index (κ1) is 23.7. The molecule has 174 valence electrons. The van der Waals surface area contributed by atoms with Crippen LogP contribution < -0.4 is 16.4 Å². The zero-order chi connectivity index (χ0) is 24.5. The van der Waals surface area contributed by atoms with Gasteiger partial charge in [0.05, 0.1) is 29.1 Å². The number of nitrogens with two attached hydrogens (primary N) is 1. The summed E-state index contributed by atoms with van der Waals surface area (Å²) in [6.45, 7) is 5.93. The summed E-state index contributed by atoms with van der Waals surface area (Å²) >= 11 is 3.63. The van der Waals surface area contributed by atoms with E-state index in [-0.39, 0.29) is 12.5 Å². The summed E-state index contributed by atoms with van der Waals surface area (Å²) in [4.78, 5) is 25.3. The van der Waals surface area contributed by atoms with Crippen molar-refractivity contribution in [3.8, 4) is 0 Å². The Labute approximate surface area is 207 Å². The average molecular weight is 520 g/mol. The molecular formula is C27H26BrN3O3. The van der Waals surface area contributed by atoms with Gasteiger partial charge in [-0.3, -0.25) is 4.79 Å². The molecule has 0 bridgehead atoms. The lowest BCUT2D eigenvalue weighted by molar-refractivity contribution is -0.110. The standard InChI is InChI=1S/C27H26BrN3O3/c1-4-34-26(33)17-10-12-19-22(14-17)31-25(32)23(19)24(16-8-6-5-7-9-16)30-18-11-13-20(21(28)15-18)27(2,3)29/h5-15,30H,4,29H2,1-3H3,(H,31,32). The predicted octanol–water partition coefficient (Wildman–Crippen LogP) is 5.75. The third kappa shape index (κ3) is 4.76. The minimum absolute atomic E-state index is 0.249. The molecule has 34 heavy (non-hydrogen) atoms. The number of amides is 1. The van der Waals surface area contributed by atoms with Gasteiger partial charge in [0.2, 0.25) is 0 Å². The van der Waals surface area contributed by atoms with Gasteiger partial charge in [-0.05, 0) is 56.2 Å². The van der Waals surface area contributed by atoms with Crippen molar-refractivity contribution < 1.29 is 14.3 Å². The Morgan fingerprint density at radius 3 is 2.44 bits per heavy atom. The maximum absolute atomic E-state index is 13.1. The molecule has 0 saturated carbocycles. The Morgan fingerprint density at radius 1 is 1.06 bits per heavy atom. The molecule has 0 radical (unpaired) electrons. The van der Waals surface area contributed by atoms with Crippen LogP contribution in [-0.2, 0) is 15.1 Å². The van der Waals surface area contributed by atoms with Crippen molar-refractivity contribution in [1.82, 2.24) is 0 Å². The van der Waals surface area contributed by atoms with Crippen molar-refractivity contribution in [3.05, 3.63) is 93.5 Å². The van der Waals surface area contributed by atoms with Crippen LogP contribution in [0.5, 0.6) is 0 Å². The Bertz CT molecular complexity index is 1290. The van der Waals surface area contributed by atoms with E-state index in [1.807, 2.05) is 62.4 Å². The maximum atomic E-state index is 13.1. The van der Waals surface area contributed by atoms with Crippen molar-refractivity contribution in [1.29, 1.82) is 0 Å². The number of carbonyl (C=O) groups is 2. The fourth-order valence-corrected chi connectivity index (χ4v) is 4.80. The van der Waals surface area contributed by atoms with Gasteiger partial charge in [-0.25, -0.2) is 4.79 Å². The van der Waals surface area contributed by atoms with E-state index >= 15 is 0 Å². The van der Waals surface area contributed by atoms with E-state index in [0.29, 0.717) is 28.1 Å². The highest BCUT2D eigenvalue weighted by Gasteiger charge is 2.29. The Kier molecular flexibility index (Phi) is 6.59. The molecule has 4 N–H and O–H groups in total. The first-order valence-corrected chi connectivity index (χ1v) is 11.8. The Hall–Kier alpha value is -3.42. The third-order valence-electron chi connectivity index (χ3n) is 5.52. The molecule has 0 spiro atoms. The van der Waals surface area contributed by atoms with E-state index < -0.39 is 11.5 Å². The van der Waals surface area contributed by atoms with Gasteiger partial charge in [0.15, 0.2) is 0 Å². The summed E-state index contributed by atoms with van der Waals surface area (Å²) in [5, 5.41) is 6.33. The topological polar surface area (TPSA) is 93.4 Å². The lowest BCUT2D eigenvalue weighted by Gasteiger charge is -2.22. The number of carbonyl (C=O) groups excluding carboxylic acids is 2. The molecule has 7 heteroatoms. The van der Waals surface area contributed by atoms with Crippen molar-refractivity contribution in [2.45, 2.75) is 26.3 Å². The van der Waals surface area contributed by atoms with Crippen molar-refractivity contribution in [2.75, 3.05) is 17.2 Å². The molecule has 0 aliphatic carbocycles. The molecule has 0 aromatic heterocycles. The molecule has 3 aromatic rings. The third-order valence-corrected chi connectivity index (χ3v) is 6.18. The average Bonchev–Trinajstić information content (AvgIpc) is 3.12. The fraction of sp³-hybridized carbons (Fsp3) is 0.185. The van der Waals surface area contributed by atoms with Gasteiger partial charge in [-0.1, -0.05) is 58.4 Å². The smallest absolute Gasteiger partial charge is 0.338 e. The van der Waals surface area contributed by atoms with Crippen LogP contribution in [0, 0.1) is 0 Å². The molecule has 0 atom stereocenters. The molecule has 6 nitrogen and oxygen atoms in total. The zero-order valence-electron chi connectivity index (χ0n) is 19.2. The van der Waals surface area contributed by atoms with E-state index in [0.717, 1.165) is 21.3 Å². The summed E-state index contributed by atoms with van der Waals surface area (Å²) < 4.78 is 5.97. The van der Waals surface area contributed by atoms with Crippen LogP contribution in [0.4, 0.5) is 11.4 Å². The van der Waals surface area contributed by atoms with E-state index in [9.17, 15) is 9.59 Å². The molecule has 4 rings (SSSR count). The van der Waals surface area contributed by atoms with E-state index in [1.165, 1.54) is 0 Å². The van der Waals surface area contributed by atoms with E-state index in [4.69, 9.17) is 10.5 Å². The minimum atomic E-state index is -0.501. The lowest BCUT2D eigenvalue weighted by atomic mass is 9.95. The van der Waals surface area contributed by atoms with Crippen molar-refractivity contribution in [3.63, 3.8) is 0 Å². The van der Waals surface area contributed by atoms with Crippen LogP contribution in [0.3, 0.4) is 0 Å². The molecular weight excluding hydrogens is 494 g/mol. The Morgan fingerprint density at radius 2 is 1.79 bits per heavy atom. The number of benzene rings is 3. The van der Waals surface area contributed by atoms with Crippen LogP contribution in [0.25, 0.3) is 11.3 Å². The minimum Gasteiger partial charge on any atom is -0.462 e. The Balaban J connectivity index is 1.82. The normalized spacial score (nSPS) is 14.3. The second-order valence-electron chi connectivity index (χ2n) is 8.59. The number of rotatable bonds is 6. The number of halogens is 1. The summed E-state index contributed by atoms with van der Waals surface area (Å²) in [5.41, 5.74) is 11.2.